The average molecular weight is 440 g/mol. The number of rotatable bonds is 4. The summed E-state index contributed by atoms with van der Waals surface area (Å²) in [6.07, 6.45) is -0.272. The molecule has 11 nitrogen and oxygen atoms in total. The Hall–Kier alpha value is -2.86. The van der Waals surface area contributed by atoms with E-state index in [9.17, 15) is 22.8 Å². The molecule has 3 rings (SSSR count). The molecular formula is C18H24N4O7S. The molecule has 2 fully saturated rings. The molecule has 2 saturated heterocycles. The Labute approximate surface area is 174 Å². The van der Waals surface area contributed by atoms with Gasteiger partial charge in [0.1, 0.15) is 11.6 Å². The van der Waals surface area contributed by atoms with Gasteiger partial charge in [-0.1, -0.05) is 12.1 Å². The molecule has 4 amide bonds. The summed E-state index contributed by atoms with van der Waals surface area (Å²) in [7, 11) is -4.62. The number of alkyl carbamates (subject to hydrolysis) is 1. The Bertz CT molecular complexity index is 956. The van der Waals surface area contributed by atoms with Crippen LogP contribution >= 0.6 is 0 Å². The van der Waals surface area contributed by atoms with E-state index in [1.807, 2.05) is 0 Å². The number of ether oxygens (including phenoxy) is 1. The van der Waals surface area contributed by atoms with Crippen LogP contribution in [0.4, 0.5) is 15.3 Å². The zero-order chi connectivity index (χ0) is 22.3. The number of nitrogens with zero attached hydrogens (tertiary/aromatic N) is 2. The van der Waals surface area contributed by atoms with Gasteiger partial charge in [0.05, 0.1) is 6.04 Å². The molecule has 30 heavy (non-hydrogen) atoms. The van der Waals surface area contributed by atoms with Crippen LogP contribution in [0.15, 0.2) is 24.3 Å². The van der Waals surface area contributed by atoms with Gasteiger partial charge in [-0.3, -0.25) is 9.35 Å². The summed E-state index contributed by atoms with van der Waals surface area (Å²) in [5.74, 6) is -0.821. The van der Waals surface area contributed by atoms with Crippen LogP contribution in [0.25, 0.3) is 0 Å². The smallest absolute Gasteiger partial charge is 0.407 e. The summed E-state index contributed by atoms with van der Waals surface area (Å²) >= 11 is 0. The van der Waals surface area contributed by atoms with Gasteiger partial charge in [-0.2, -0.15) is 8.42 Å². The van der Waals surface area contributed by atoms with Crippen LogP contribution < -0.4 is 10.6 Å². The molecule has 164 valence electrons. The number of nitrogens with one attached hydrogen (secondary N) is 2. The maximum Gasteiger partial charge on any atom is 0.407 e. The van der Waals surface area contributed by atoms with Crippen LogP contribution in [0.5, 0.6) is 0 Å². The van der Waals surface area contributed by atoms with Gasteiger partial charge in [0, 0.05) is 18.8 Å². The largest absolute Gasteiger partial charge is 0.444 e. The molecule has 0 saturated carbocycles. The van der Waals surface area contributed by atoms with E-state index in [2.05, 4.69) is 10.6 Å². The van der Waals surface area contributed by atoms with Crippen molar-refractivity contribution in [3.63, 3.8) is 0 Å². The van der Waals surface area contributed by atoms with Crippen LogP contribution in [-0.2, 0) is 26.4 Å². The summed E-state index contributed by atoms with van der Waals surface area (Å²) < 4.78 is 37.1. The fraction of sp³-hybridized carbons (Fsp3) is 0.500. The van der Waals surface area contributed by atoms with Crippen molar-refractivity contribution < 1.29 is 32.1 Å². The predicted octanol–water partition coefficient (Wildman–Crippen LogP) is 1.33. The first kappa shape index (κ1) is 21.8. The lowest BCUT2D eigenvalue weighted by Gasteiger charge is -2.42. The zero-order valence-corrected chi connectivity index (χ0v) is 17.6. The van der Waals surface area contributed by atoms with E-state index in [-0.39, 0.29) is 19.5 Å². The highest BCUT2D eigenvalue weighted by Gasteiger charge is 2.60. The van der Waals surface area contributed by atoms with Gasteiger partial charge in [-0.25, -0.2) is 13.9 Å². The highest BCUT2D eigenvalue weighted by molar-refractivity contribution is 7.84. The number of urea groups is 1. The number of likely N-dealkylation sites (tertiary alicyclic amines) is 1. The number of carbonyl (C=O) groups excluding carboxylic acids is 3. The predicted molar refractivity (Wildman–Crippen MR) is 106 cm³/mol. The Kier molecular flexibility index (Phi) is 5.65. The SMILES string of the molecule is CC(C)(C)OC(=O)NCc1ccc(NC(=O)N2CC[C@@H]3[C@H]2C(=O)N3S(=O)(=O)O)cc1. The molecule has 0 bridgehead atoms. The van der Waals surface area contributed by atoms with E-state index in [1.165, 1.54) is 4.90 Å². The van der Waals surface area contributed by atoms with Crippen molar-refractivity contribution in [2.75, 3.05) is 11.9 Å². The minimum atomic E-state index is -4.62. The Morgan fingerprint density at radius 3 is 2.43 bits per heavy atom. The fourth-order valence-corrected chi connectivity index (χ4v) is 4.33. The van der Waals surface area contributed by atoms with Crippen LogP contribution in [0, 0.1) is 0 Å². The second-order valence-corrected chi connectivity index (χ2v) is 9.38. The van der Waals surface area contributed by atoms with E-state index in [1.54, 1.807) is 45.0 Å². The number of amides is 4. The molecule has 3 N–H and O–H groups in total. The summed E-state index contributed by atoms with van der Waals surface area (Å²) in [6, 6.07) is 4.55. The quantitative estimate of drug-likeness (QED) is 0.473. The molecule has 12 heteroatoms. The standard InChI is InChI=1S/C18H24N4O7S/c1-18(2,3)29-17(25)19-10-11-4-6-12(7-5-11)20-16(24)21-9-8-13-14(21)15(23)22(13)30(26,27)28/h4-7,13-14H,8-10H2,1-3H3,(H,19,25)(H,20,24)(H,26,27,28)/t13-,14+/m1/s1. The monoisotopic (exact) mass is 440 g/mol. The molecule has 0 radical (unpaired) electrons. The third-order valence-electron chi connectivity index (χ3n) is 4.69. The number of hydrogen-bond donors (Lipinski definition) is 3. The molecule has 0 aliphatic carbocycles. The van der Waals surface area contributed by atoms with Gasteiger partial charge in [-0.15, -0.1) is 0 Å². The molecule has 2 aliphatic rings. The molecule has 2 atom stereocenters. The minimum absolute atomic E-state index is 0.191. The molecule has 0 aromatic heterocycles. The van der Waals surface area contributed by atoms with Crippen LogP contribution in [0.1, 0.15) is 32.8 Å². The number of hydrogen-bond acceptors (Lipinski definition) is 6. The molecule has 0 spiro atoms. The van der Waals surface area contributed by atoms with Crippen molar-refractivity contribution in [1.29, 1.82) is 0 Å². The summed E-state index contributed by atoms with van der Waals surface area (Å²) in [6.45, 7) is 5.74. The van der Waals surface area contributed by atoms with Gasteiger partial charge in [0.25, 0.3) is 5.91 Å². The average Bonchev–Trinajstić information content (AvgIpc) is 2.97. The molecule has 0 unspecified atom stereocenters. The maximum atomic E-state index is 12.5. The highest BCUT2D eigenvalue weighted by atomic mass is 32.2. The van der Waals surface area contributed by atoms with Gasteiger partial charge < -0.3 is 20.3 Å². The Morgan fingerprint density at radius 1 is 1.23 bits per heavy atom. The van der Waals surface area contributed by atoms with Crippen molar-refractivity contribution in [2.24, 2.45) is 0 Å². The van der Waals surface area contributed by atoms with E-state index in [4.69, 9.17) is 9.29 Å². The maximum absolute atomic E-state index is 12.5. The van der Waals surface area contributed by atoms with E-state index in [0.717, 1.165) is 5.56 Å². The normalized spacial score (nSPS) is 21.0. The Morgan fingerprint density at radius 2 is 1.87 bits per heavy atom. The van der Waals surface area contributed by atoms with Crippen molar-refractivity contribution in [2.45, 2.75) is 51.4 Å². The van der Waals surface area contributed by atoms with Crippen LogP contribution in [-0.4, -0.2) is 64.4 Å². The minimum Gasteiger partial charge on any atom is -0.444 e. The number of β-lactam (4-membered cyclic amide) rings is 1. The van der Waals surface area contributed by atoms with Crippen molar-refractivity contribution in [3.8, 4) is 0 Å². The van der Waals surface area contributed by atoms with E-state index < -0.39 is 46.0 Å². The number of anilines is 1. The number of carbonyl (C=O) groups is 3. The van der Waals surface area contributed by atoms with E-state index in [0.29, 0.717) is 9.99 Å². The van der Waals surface area contributed by atoms with Gasteiger partial charge >= 0.3 is 22.4 Å². The van der Waals surface area contributed by atoms with E-state index >= 15 is 0 Å². The zero-order valence-electron chi connectivity index (χ0n) is 16.8. The second kappa shape index (κ2) is 7.76. The van der Waals surface area contributed by atoms with Crippen molar-refractivity contribution in [1.82, 2.24) is 14.5 Å². The van der Waals surface area contributed by atoms with Crippen LogP contribution in [0.3, 0.4) is 0 Å². The molecule has 1 aromatic carbocycles. The van der Waals surface area contributed by atoms with Crippen molar-refractivity contribution >= 4 is 34.0 Å². The third kappa shape index (κ3) is 4.65. The lowest BCUT2D eigenvalue weighted by atomic mass is 10.0. The van der Waals surface area contributed by atoms with Gasteiger partial charge in [0.15, 0.2) is 0 Å². The van der Waals surface area contributed by atoms with Gasteiger partial charge in [0.2, 0.25) is 0 Å². The number of fused-ring (bicyclic) bond motifs is 1. The second-order valence-electron chi connectivity index (χ2n) is 8.09. The summed E-state index contributed by atoms with van der Waals surface area (Å²) in [5.41, 5.74) is 0.674. The van der Waals surface area contributed by atoms with Crippen molar-refractivity contribution in [3.05, 3.63) is 29.8 Å². The topological polar surface area (TPSA) is 145 Å². The third-order valence-corrected chi connectivity index (χ3v) is 5.64. The first-order valence-electron chi connectivity index (χ1n) is 9.31. The highest BCUT2D eigenvalue weighted by Crippen LogP contribution is 2.35. The molecule has 1 aromatic rings. The summed E-state index contributed by atoms with van der Waals surface area (Å²) in [5, 5.41) is 5.29. The first-order chi connectivity index (χ1) is 13.9. The lowest BCUT2D eigenvalue weighted by Crippen LogP contribution is -2.68. The van der Waals surface area contributed by atoms with Crippen LogP contribution in [0.2, 0.25) is 0 Å². The lowest BCUT2D eigenvalue weighted by molar-refractivity contribution is -0.143. The Balaban J connectivity index is 1.53. The fourth-order valence-electron chi connectivity index (χ4n) is 3.43. The molecule has 2 heterocycles. The molecular weight excluding hydrogens is 416 g/mol. The first-order valence-corrected chi connectivity index (χ1v) is 10.7. The van der Waals surface area contributed by atoms with Gasteiger partial charge in [-0.05, 0) is 44.9 Å². The molecule has 2 aliphatic heterocycles. The number of benzene rings is 1. The summed E-state index contributed by atoms with van der Waals surface area (Å²) in [4.78, 5) is 37.5.